The molecule has 0 N–H and O–H groups in total. The molecular formula is C20H24FNO3. The molecule has 3 aliphatic rings. The summed E-state index contributed by atoms with van der Waals surface area (Å²) >= 11 is 0. The molecule has 2 aliphatic carbocycles. The normalized spacial score (nSPS) is 33.7. The second-order valence-electron chi connectivity index (χ2n) is 7.63. The Labute approximate surface area is 147 Å². The minimum absolute atomic E-state index is 0.0825. The summed E-state index contributed by atoms with van der Waals surface area (Å²) in [5.74, 6) is 0.0145. The lowest BCUT2D eigenvalue weighted by molar-refractivity contribution is -0.153. The number of benzene rings is 1. The second kappa shape index (κ2) is 6.43. The van der Waals surface area contributed by atoms with Crippen LogP contribution < -0.4 is 0 Å². The van der Waals surface area contributed by atoms with Gasteiger partial charge in [0.05, 0.1) is 7.11 Å². The van der Waals surface area contributed by atoms with Gasteiger partial charge in [-0.05, 0) is 55.2 Å². The van der Waals surface area contributed by atoms with Crippen molar-refractivity contribution in [1.29, 1.82) is 0 Å². The fourth-order valence-corrected chi connectivity index (χ4v) is 4.86. The Hall–Kier alpha value is -1.91. The third kappa shape index (κ3) is 2.94. The predicted molar refractivity (Wildman–Crippen MR) is 90.3 cm³/mol. The molecule has 134 valence electrons. The first-order valence-electron chi connectivity index (χ1n) is 9.25. The van der Waals surface area contributed by atoms with Crippen LogP contribution in [0.15, 0.2) is 24.3 Å². The van der Waals surface area contributed by atoms with E-state index in [0.29, 0.717) is 5.92 Å². The molecule has 25 heavy (non-hydrogen) atoms. The quantitative estimate of drug-likeness (QED) is 0.790. The monoisotopic (exact) mass is 345 g/mol. The molecule has 4 rings (SSSR count). The minimum Gasteiger partial charge on any atom is -0.467 e. The van der Waals surface area contributed by atoms with Gasteiger partial charge in [-0.2, -0.15) is 0 Å². The number of hydrogen-bond donors (Lipinski definition) is 0. The van der Waals surface area contributed by atoms with Crippen LogP contribution in [0.5, 0.6) is 0 Å². The molecular weight excluding hydrogens is 321 g/mol. The van der Waals surface area contributed by atoms with Crippen molar-refractivity contribution < 1.29 is 18.7 Å². The molecule has 1 aliphatic heterocycles. The van der Waals surface area contributed by atoms with Crippen molar-refractivity contribution in [3.8, 4) is 0 Å². The number of carbonyl (C=O) groups excluding carboxylic acids is 2. The van der Waals surface area contributed by atoms with E-state index in [2.05, 4.69) is 0 Å². The maximum atomic E-state index is 13.2. The van der Waals surface area contributed by atoms with Crippen molar-refractivity contribution in [3.05, 3.63) is 35.6 Å². The fraction of sp³-hybridized carbons (Fsp3) is 0.600. The number of nitrogens with zero attached hydrogens (tertiary/aromatic N) is 1. The fourth-order valence-electron chi connectivity index (χ4n) is 4.86. The van der Waals surface area contributed by atoms with Gasteiger partial charge >= 0.3 is 5.97 Å². The van der Waals surface area contributed by atoms with E-state index in [-0.39, 0.29) is 35.6 Å². The number of methoxy groups -OCH3 is 1. The van der Waals surface area contributed by atoms with Gasteiger partial charge in [0.25, 0.3) is 0 Å². The standard InChI is InChI=1S/C20H24FNO3/c1-25-20(24)18-10-13-4-2-3-5-17(13)22(18)19(23)16-11-15(16)12-6-8-14(21)9-7-12/h6-9,13,15-18H,2-5,10-11H2,1H3. The van der Waals surface area contributed by atoms with Crippen LogP contribution in [0, 0.1) is 17.7 Å². The summed E-state index contributed by atoms with van der Waals surface area (Å²) in [7, 11) is 1.39. The minimum atomic E-state index is -0.430. The van der Waals surface area contributed by atoms with Crippen molar-refractivity contribution in [1.82, 2.24) is 4.90 Å². The first kappa shape index (κ1) is 16.6. The van der Waals surface area contributed by atoms with Gasteiger partial charge in [-0.3, -0.25) is 4.79 Å². The van der Waals surface area contributed by atoms with Crippen LogP contribution in [0.2, 0.25) is 0 Å². The molecule has 1 amide bonds. The first-order chi connectivity index (χ1) is 12.1. The highest BCUT2D eigenvalue weighted by Gasteiger charge is 2.54. The largest absolute Gasteiger partial charge is 0.467 e. The lowest BCUT2D eigenvalue weighted by Gasteiger charge is -2.33. The van der Waals surface area contributed by atoms with Gasteiger partial charge in [-0.25, -0.2) is 9.18 Å². The molecule has 1 aromatic rings. The van der Waals surface area contributed by atoms with Gasteiger partial charge in [0.15, 0.2) is 0 Å². The average molecular weight is 345 g/mol. The first-order valence-corrected chi connectivity index (χ1v) is 9.25. The van der Waals surface area contributed by atoms with E-state index in [9.17, 15) is 14.0 Å². The van der Waals surface area contributed by atoms with Gasteiger partial charge in [0, 0.05) is 12.0 Å². The highest BCUT2D eigenvalue weighted by atomic mass is 19.1. The van der Waals surface area contributed by atoms with Crippen LogP contribution in [-0.2, 0) is 14.3 Å². The van der Waals surface area contributed by atoms with E-state index in [0.717, 1.165) is 37.7 Å². The van der Waals surface area contributed by atoms with Crippen molar-refractivity contribution in [2.45, 2.75) is 56.5 Å². The number of esters is 1. The number of rotatable bonds is 3. The third-order valence-electron chi connectivity index (χ3n) is 6.22. The van der Waals surface area contributed by atoms with Crippen LogP contribution in [0.4, 0.5) is 4.39 Å². The summed E-state index contributed by atoms with van der Waals surface area (Å²) in [5, 5.41) is 0. The van der Waals surface area contributed by atoms with E-state index in [1.54, 1.807) is 12.1 Å². The van der Waals surface area contributed by atoms with Crippen LogP contribution in [0.25, 0.3) is 0 Å². The zero-order chi connectivity index (χ0) is 17.6. The summed E-state index contributed by atoms with van der Waals surface area (Å²) in [6, 6.07) is 6.16. The van der Waals surface area contributed by atoms with Gasteiger partial charge in [0.1, 0.15) is 11.9 Å². The molecule has 2 saturated carbocycles. The van der Waals surface area contributed by atoms with Crippen molar-refractivity contribution in [2.75, 3.05) is 7.11 Å². The topological polar surface area (TPSA) is 46.6 Å². The molecule has 5 unspecified atom stereocenters. The summed E-state index contributed by atoms with van der Waals surface area (Å²) in [6.07, 6.45) is 5.89. The number of carbonyl (C=O) groups is 2. The summed E-state index contributed by atoms with van der Waals surface area (Å²) in [4.78, 5) is 27.3. The predicted octanol–water partition coefficient (Wildman–Crippen LogP) is 3.26. The van der Waals surface area contributed by atoms with E-state index in [4.69, 9.17) is 4.74 Å². The molecule has 0 spiro atoms. The molecule has 5 heteroatoms. The number of hydrogen-bond acceptors (Lipinski definition) is 3. The molecule has 0 radical (unpaired) electrons. The molecule has 1 aromatic carbocycles. The van der Waals surface area contributed by atoms with Crippen LogP contribution in [0.1, 0.15) is 50.0 Å². The Balaban J connectivity index is 1.53. The number of amides is 1. The van der Waals surface area contributed by atoms with Gasteiger partial charge in [-0.15, -0.1) is 0 Å². The highest BCUT2D eigenvalue weighted by molar-refractivity contribution is 5.89. The zero-order valence-electron chi connectivity index (χ0n) is 14.5. The molecule has 3 fully saturated rings. The Kier molecular flexibility index (Phi) is 4.26. The van der Waals surface area contributed by atoms with E-state index < -0.39 is 6.04 Å². The van der Waals surface area contributed by atoms with Gasteiger partial charge in [-0.1, -0.05) is 25.0 Å². The molecule has 0 aromatic heterocycles. The van der Waals surface area contributed by atoms with Crippen molar-refractivity contribution in [2.24, 2.45) is 11.8 Å². The van der Waals surface area contributed by atoms with Crippen molar-refractivity contribution >= 4 is 11.9 Å². The number of fused-ring (bicyclic) bond motifs is 1. The second-order valence-corrected chi connectivity index (χ2v) is 7.63. The lowest BCUT2D eigenvalue weighted by atomic mass is 9.84. The van der Waals surface area contributed by atoms with Crippen LogP contribution >= 0.6 is 0 Å². The Morgan fingerprint density at radius 2 is 1.84 bits per heavy atom. The number of likely N-dealkylation sites (tertiary alicyclic amines) is 1. The maximum Gasteiger partial charge on any atom is 0.328 e. The Morgan fingerprint density at radius 3 is 2.56 bits per heavy atom. The molecule has 5 atom stereocenters. The Morgan fingerprint density at radius 1 is 1.12 bits per heavy atom. The van der Waals surface area contributed by atoms with Gasteiger partial charge < -0.3 is 9.64 Å². The van der Waals surface area contributed by atoms with E-state index in [1.165, 1.54) is 25.7 Å². The SMILES string of the molecule is COC(=O)C1CC2CCCCC2N1C(=O)C1CC1c1ccc(F)cc1. The number of halogens is 1. The van der Waals surface area contributed by atoms with E-state index in [1.807, 2.05) is 4.90 Å². The smallest absolute Gasteiger partial charge is 0.328 e. The number of ether oxygens (including phenoxy) is 1. The highest BCUT2D eigenvalue weighted by Crippen LogP contribution is 2.51. The molecule has 1 saturated heterocycles. The Bertz CT molecular complexity index is 674. The average Bonchev–Trinajstić information content (AvgIpc) is 3.34. The molecule has 1 heterocycles. The molecule has 4 nitrogen and oxygen atoms in total. The van der Waals surface area contributed by atoms with E-state index >= 15 is 0 Å². The molecule has 0 bridgehead atoms. The maximum absolute atomic E-state index is 13.2. The summed E-state index contributed by atoms with van der Waals surface area (Å²) in [5.41, 5.74) is 1.01. The van der Waals surface area contributed by atoms with Crippen LogP contribution in [0.3, 0.4) is 0 Å². The summed E-state index contributed by atoms with van der Waals surface area (Å²) in [6.45, 7) is 0. The summed E-state index contributed by atoms with van der Waals surface area (Å²) < 4.78 is 18.1. The zero-order valence-corrected chi connectivity index (χ0v) is 14.5. The third-order valence-corrected chi connectivity index (χ3v) is 6.22. The lowest BCUT2D eigenvalue weighted by Crippen LogP contribution is -2.47. The van der Waals surface area contributed by atoms with Gasteiger partial charge in [0.2, 0.25) is 5.91 Å². The van der Waals surface area contributed by atoms with Crippen LogP contribution in [-0.4, -0.2) is 36.0 Å². The van der Waals surface area contributed by atoms with Crippen molar-refractivity contribution in [3.63, 3.8) is 0 Å².